The fourth-order valence-corrected chi connectivity index (χ4v) is 9.13. The molecule has 0 radical (unpaired) electrons. The third-order valence-corrected chi connectivity index (χ3v) is 11.8. The van der Waals surface area contributed by atoms with E-state index in [0.29, 0.717) is 29.2 Å². The molecule has 5 heterocycles. The smallest absolute Gasteiger partial charge is 0.471 e. The number of phenolic OH excluding ortho intramolecular Hbond substituents is 1. The van der Waals surface area contributed by atoms with E-state index < -0.39 is 41.4 Å². The van der Waals surface area contributed by atoms with Crippen molar-refractivity contribution in [2.24, 2.45) is 10.8 Å². The number of terminal acetylenes is 1. The Morgan fingerprint density at radius 1 is 1.08 bits per heavy atom. The summed E-state index contributed by atoms with van der Waals surface area (Å²) in [6, 6.07) is 7.11. The fraction of sp³-hybridized carbons (Fsp3) is 0.462. The van der Waals surface area contributed by atoms with Gasteiger partial charge in [-0.1, -0.05) is 18.1 Å². The number of halogens is 5. The summed E-state index contributed by atoms with van der Waals surface area (Å²) in [6.45, 7) is 4.51. The number of fused-ring (bicyclic) bond motifs is 4. The molecule has 4 aromatic rings. The van der Waals surface area contributed by atoms with Gasteiger partial charge in [0.1, 0.15) is 22.9 Å². The topological polar surface area (TPSA) is 91.3 Å². The molecule has 14 heteroatoms. The van der Waals surface area contributed by atoms with Crippen LogP contribution >= 0.6 is 0 Å². The van der Waals surface area contributed by atoms with Gasteiger partial charge in [0.25, 0.3) is 0 Å². The number of piperazine rings is 1. The number of alkyl halides is 3. The largest absolute Gasteiger partial charge is 0.508 e. The molecule has 53 heavy (non-hydrogen) atoms. The van der Waals surface area contributed by atoms with Gasteiger partial charge in [0.15, 0.2) is 5.82 Å². The van der Waals surface area contributed by atoms with Crippen LogP contribution in [-0.4, -0.2) is 102 Å². The highest BCUT2D eigenvalue weighted by Gasteiger charge is 2.53. The van der Waals surface area contributed by atoms with Crippen molar-refractivity contribution < 1.29 is 41.3 Å². The number of likely N-dealkylation sites (tertiary alicyclic amines) is 1. The van der Waals surface area contributed by atoms with Crippen LogP contribution in [0.25, 0.3) is 32.8 Å². The molecule has 2 unspecified atom stereocenters. The van der Waals surface area contributed by atoms with E-state index in [0.717, 1.165) is 63.1 Å². The minimum atomic E-state index is -5.02. The third kappa shape index (κ3) is 5.79. The Labute approximate surface area is 301 Å². The molecular formula is C39H36F5N5O4. The van der Waals surface area contributed by atoms with E-state index in [1.165, 1.54) is 12.1 Å². The summed E-state index contributed by atoms with van der Waals surface area (Å²) in [5.41, 5.74) is -0.225. The number of carbonyl (C=O) groups is 1. The number of carbonyl (C=O) groups excluding carboxylic acids is 1. The standard InChI is InChI=1S/C39H36F5N5O4/c1-2-22-4-3-5-23-12-26(50)13-27(30(22)23)31-29(40)14-28-33(32(31)41)45-36(53-21-37(8-9-37)17-47-18-38(19-47)10-11-52-20-38)46-34(28)48-15-24-6-7-25(16-48)49(24)35(51)39(42,43)44/h1,3-5,12-14,24-25,50H,6-11,15-21H2. The number of nitrogens with zero attached hydrogens (tertiary/aromatic N) is 5. The molecule has 2 bridgehead atoms. The van der Waals surface area contributed by atoms with Gasteiger partial charge < -0.3 is 29.3 Å². The zero-order valence-corrected chi connectivity index (χ0v) is 28.7. The van der Waals surface area contributed by atoms with Crippen molar-refractivity contribution in [3.05, 3.63) is 53.6 Å². The number of rotatable bonds is 7. The molecule has 5 fully saturated rings. The second-order valence-corrected chi connectivity index (χ2v) is 15.6. The molecule has 1 amide bonds. The summed E-state index contributed by atoms with van der Waals surface area (Å²) in [7, 11) is 0. The normalized spacial score (nSPS) is 23.1. The highest BCUT2D eigenvalue weighted by Crippen LogP contribution is 2.50. The monoisotopic (exact) mass is 733 g/mol. The van der Waals surface area contributed by atoms with Crippen LogP contribution in [0.5, 0.6) is 11.8 Å². The lowest BCUT2D eigenvalue weighted by Gasteiger charge is -2.48. The predicted molar refractivity (Wildman–Crippen MR) is 185 cm³/mol. The predicted octanol–water partition coefficient (Wildman–Crippen LogP) is 6.04. The van der Waals surface area contributed by atoms with Crippen LogP contribution < -0.4 is 9.64 Å². The van der Waals surface area contributed by atoms with Crippen LogP contribution in [0.15, 0.2) is 36.4 Å². The van der Waals surface area contributed by atoms with Gasteiger partial charge in [0.2, 0.25) is 0 Å². The molecule has 9 rings (SSSR count). The van der Waals surface area contributed by atoms with E-state index in [2.05, 4.69) is 20.8 Å². The number of hydrogen-bond acceptors (Lipinski definition) is 8. The van der Waals surface area contributed by atoms with Gasteiger partial charge >= 0.3 is 18.1 Å². The number of benzene rings is 3. The molecule has 4 saturated heterocycles. The Kier molecular flexibility index (Phi) is 7.80. The summed E-state index contributed by atoms with van der Waals surface area (Å²) < 4.78 is 85.9. The molecule has 1 saturated carbocycles. The lowest BCUT2D eigenvalue weighted by atomic mass is 9.78. The molecule has 2 atom stereocenters. The van der Waals surface area contributed by atoms with Crippen LogP contribution in [0.2, 0.25) is 0 Å². The van der Waals surface area contributed by atoms with E-state index in [-0.39, 0.29) is 64.6 Å². The Balaban J connectivity index is 1.10. The van der Waals surface area contributed by atoms with Crippen molar-refractivity contribution in [3.63, 3.8) is 0 Å². The number of ether oxygens (including phenoxy) is 2. The molecule has 1 spiro atoms. The average Bonchev–Trinajstić information content (AvgIpc) is 3.60. The first-order valence-electron chi connectivity index (χ1n) is 17.9. The maximum Gasteiger partial charge on any atom is 0.471 e. The van der Waals surface area contributed by atoms with Gasteiger partial charge in [0.05, 0.1) is 30.9 Å². The quantitative estimate of drug-likeness (QED) is 0.182. The van der Waals surface area contributed by atoms with Crippen molar-refractivity contribution in [1.82, 2.24) is 19.8 Å². The zero-order valence-electron chi connectivity index (χ0n) is 28.7. The van der Waals surface area contributed by atoms with Gasteiger partial charge in [-0.3, -0.25) is 4.79 Å². The number of aromatic nitrogens is 2. The van der Waals surface area contributed by atoms with Crippen LogP contribution in [0.3, 0.4) is 0 Å². The van der Waals surface area contributed by atoms with E-state index in [1.54, 1.807) is 23.1 Å². The van der Waals surface area contributed by atoms with Gasteiger partial charge in [-0.2, -0.15) is 23.1 Å². The molecule has 276 valence electrons. The fourth-order valence-electron chi connectivity index (χ4n) is 9.13. The second-order valence-electron chi connectivity index (χ2n) is 15.6. The first-order valence-corrected chi connectivity index (χ1v) is 17.9. The Morgan fingerprint density at radius 2 is 1.83 bits per heavy atom. The highest BCUT2D eigenvalue weighted by molar-refractivity contribution is 6.04. The van der Waals surface area contributed by atoms with Crippen molar-refractivity contribution in [2.75, 3.05) is 57.4 Å². The SMILES string of the molecule is C#Cc1cccc2cc(O)cc(-c3c(F)cc4c(N5CC6CCC(C5)N6C(=O)C(F)(F)F)nc(OCC5(CN6CC7(CCOC7)C6)CC5)nc4c3F)c12. The van der Waals surface area contributed by atoms with Crippen molar-refractivity contribution >= 4 is 33.4 Å². The minimum Gasteiger partial charge on any atom is -0.508 e. The van der Waals surface area contributed by atoms with Crippen LogP contribution in [-0.2, 0) is 9.53 Å². The summed E-state index contributed by atoms with van der Waals surface area (Å²) in [6.07, 6.45) is 4.35. The van der Waals surface area contributed by atoms with Crippen LogP contribution in [0, 0.1) is 34.8 Å². The lowest BCUT2D eigenvalue weighted by Crippen LogP contribution is -2.59. The molecule has 1 aromatic heterocycles. The number of amides is 1. The average molecular weight is 734 g/mol. The maximum absolute atomic E-state index is 17.0. The zero-order chi connectivity index (χ0) is 36.9. The molecule has 9 nitrogen and oxygen atoms in total. The number of anilines is 1. The van der Waals surface area contributed by atoms with Crippen molar-refractivity contribution in [2.45, 2.75) is 50.4 Å². The Bertz CT molecular complexity index is 2190. The molecule has 5 aliphatic rings. The van der Waals surface area contributed by atoms with Crippen LogP contribution in [0.1, 0.15) is 37.7 Å². The summed E-state index contributed by atoms with van der Waals surface area (Å²) in [5.74, 6) is -1.47. The van der Waals surface area contributed by atoms with Gasteiger partial charge in [0, 0.05) is 72.1 Å². The van der Waals surface area contributed by atoms with Crippen molar-refractivity contribution in [3.8, 4) is 35.2 Å². The van der Waals surface area contributed by atoms with Gasteiger partial charge in [-0.05, 0) is 61.8 Å². The summed E-state index contributed by atoms with van der Waals surface area (Å²) in [4.78, 5) is 26.5. The van der Waals surface area contributed by atoms with E-state index in [9.17, 15) is 23.1 Å². The maximum atomic E-state index is 17.0. The van der Waals surface area contributed by atoms with Gasteiger partial charge in [-0.25, -0.2) is 8.78 Å². The molecule has 1 N–H and O–H groups in total. The van der Waals surface area contributed by atoms with Gasteiger partial charge in [-0.15, -0.1) is 6.42 Å². The first kappa shape index (κ1) is 34.1. The van der Waals surface area contributed by atoms with Crippen molar-refractivity contribution in [1.29, 1.82) is 0 Å². The third-order valence-electron chi connectivity index (χ3n) is 11.8. The summed E-state index contributed by atoms with van der Waals surface area (Å²) in [5, 5.41) is 11.4. The van der Waals surface area contributed by atoms with E-state index >= 15 is 8.78 Å². The summed E-state index contributed by atoms with van der Waals surface area (Å²) >= 11 is 0. The highest BCUT2D eigenvalue weighted by atomic mass is 19.4. The van der Waals surface area contributed by atoms with E-state index in [1.807, 2.05) is 0 Å². The number of aromatic hydroxyl groups is 1. The van der Waals surface area contributed by atoms with E-state index in [4.69, 9.17) is 15.9 Å². The van der Waals surface area contributed by atoms with Crippen LogP contribution in [0.4, 0.5) is 27.8 Å². The minimum absolute atomic E-state index is 0.00137. The Hall–Kier alpha value is -4.74. The Morgan fingerprint density at radius 3 is 2.49 bits per heavy atom. The molecular weight excluding hydrogens is 697 g/mol. The molecule has 4 aliphatic heterocycles. The molecule has 1 aliphatic carbocycles. The lowest BCUT2D eigenvalue weighted by molar-refractivity contribution is -0.188. The number of hydrogen-bond donors (Lipinski definition) is 1. The molecule has 3 aromatic carbocycles. The second kappa shape index (κ2) is 12.1. The first-order chi connectivity index (χ1) is 25.4. The number of phenols is 1.